The lowest BCUT2D eigenvalue weighted by molar-refractivity contribution is -0.00479. The van der Waals surface area contributed by atoms with Gasteiger partial charge in [-0.2, -0.15) is 0 Å². The first-order valence-electron chi connectivity index (χ1n) is 9.87. The summed E-state index contributed by atoms with van der Waals surface area (Å²) in [5, 5.41) is 0.266. The molecule has 0 N–H and O–H groups in total. The predicted octanol–water partition coefficient (Wildman–Crippen LogP) is 5.94. The van der Waals surface area contributed by atoms with Crippen LogP contribution in [-0.4, -0.2) is 26.6 Å². The van der Waals surface area contributed by atoms with E-state index in [1.807, 2.05) is 0 Å². The zero-order chi connectivity index (χ0) is 18.0. The van der Waals surface area contributed by atoms with Crippen molar-refractivity contribution in [3.63, 3.8) is 0 Å². The molecule has 0 radical (unpaired) electrons. The summed E-state index contributed by atoms with van der Waals surface area (Å²) in [4.78, 5) is 0. The molecule has 1 heterocycles. The summed E-state index contributed by atoms with van der Waals surface area (Å²) in [5.74, 6) is 1.55. The second-order valence-corrected chi connectivity index (χ2v) is 15.7. The minimum Gasteiger partial charge on any atom is -0.414 e. The Morgan fingerprint density at radius 1 is 1.25 bits per heavy atom. The zero-order valence-electron chi connectivity index (χ0n) is 17.0. The molecule has 2 aliphatic carbocycles. The maximum Gasteiger partial charge on any atom is 0.192 e. The summed E-state index contributed by atoms with van der Waals surface area (Å²) >= 11 is 0. The van der Waals surface area contributed by atoms with Crippen LogP contribution in [0.4, 0.5) is 0 Å². The molecule has 3 aliphatic rings. The maximum atomic E-state index is 6.57. The first kappa shape index (κ1) is 18.7. The molecule has 0 spiro atoms. The molecule has 0 bridgehead atoms. The van der Waals surface area contributed by atoms with E-state index >= 15 is 0 Å². The molecule has 3 heteroatoms. The van der Waals surface area contributed by atoms with Crippen LogP contribution >= 0.6 is 0 Å². The Labute approximate surface area is 150 Å². The molecule has 0 aromatic rings. The van der Waals surface area contributed by atoms with Gasteiger partial charge in [-0.1, -0.05) is 46.8 Å². The SMILES string of the molecule is C=C1CC[C@@H]2O[C@]2(CO[Si](C)(C)C(C)(C)C)CC[C@@H]2[C@@H]1CC2(C)C. The molecule has 0 unspecified atom stereocenters. The molecule has 1 saturated heterocycles. The van der Waals surface area contributed by atoms with Crippen LogP contribution in [0.25, 0.3) is 0 Å². The molecule has 0 amide bonds. The van der Waals surface area contributed by atoms with Gasteiger partial charge in [0.25, 0.3) is 0 Å². The number of allylic oxidation sites excluding steroid dienone is 1. The lowest BCUT2D eigenvalue weighted by atomic mass is 9.52. The van der Waals surface area contributed by atoms with Crippen LogP contribution in [-0.2, 0) is 9.16 Å². The number of rotatable bonds is 3. The van der Waals surface area contributed by atoms with Crippen molar-refractivity contribution in [2.75, 3.05) is 6.61 Å². The van der Waals surface area contributed by atoms with Crippen molar-refractivity contribution in [3.05, 3.63) is 12.2 Å². The van der Waals surface area contributed by atoms with Crippen molar-refractivity contribution in [3.8, 4) is 0 Å². The van der Waals surface area contributed by atoms with E-state index in [1.165, 1.54) is 24.8 Å². The monoisotopic (exact) mass is 350 g/mol. The summed E-state index contributed by atoms with van der Waals surface area (Å²) in [6, 6.07) is 0. The highest BCUT2D eigenvalue weighted by molar-refractivity contribution is 6.74. The van der Waals surface area contributed by atoms with Gasteiger partial charge in [0, 0.05) is 0 Å². The van der Waals surface area contributed by atoms with Crippen molar-refractivity contribution in [2.45, 2.75) is 96.6 Å². The quantitative estimate of drug-likeness (QED) is 0.357. The van der Waals surface area contributed by atoms with E-state index in [0.717, 1.165) is 31.3 Å². The molecule has 2 nitrogen and oxygen atoms in total. The molecule has 24 heavy (non-hydrogen) atoms. The molecule has 138 valence electrons. The van der Waals surface area contributed by atoms with Gasteiger partial charge in [0.1, 0.15) is 5.60 Å². The van der Waals surface area contributed by atoms with Gasteiger partial charge < -0.3 is 9.16 Å². The normalized spacial score (nSPS) is 39.0. The van der Waals surface area contributed by atoms with E-state index in [9.17, 15) is 0 Å². The highest BCUT2D eigenvalue weighted by Crippen LogP contribution is 2.59. The second-order valence-electron chi connectivity index (χ2n) is 10.9. The number of hydrogen-bond donors (Lipinski definition) is 0. The smallest absolute Gasteiger partial charge is 0.192 e. The van der Waals surface area contributed by atoms with E-state index in [1.54, 1.807) is 0 Å². The lowest BCUT2D eigenvalue weighted by Gasteiger charge is -2.53. The van der Waals surface area contributed by atoms with Crippen molar-refractivity contribution in [1.82, 2.24) is 0 Å². The van der Waals surface area contributed by atoms with Crippen molar-refractivity contribution in [1.29, 1.82) is 0 Å². The summed E-state index contributed by atoms with van der Waals surface area (Å²) in [6.45, 7) is 21.7. The fourth-order valence-electron chi connectivity index (χ4n) is 4.68. The minimum atomic E-state index is -1.71. The Bertz CT molecular complexity index is 516. The lowest BCUT2D eigenvalue weighted by Crippen LogP contribution is -2.46. The van der Waals surface area contributed by atoms with Gasteiger partial charge in [-0.05, 0) is 67.5 Å². The molecule has 4 atom stereocenters. The fraction of sp³-hybridized carbons (Fsp3) is 0.905. The van der Waals surface area contributed by atoms with Crippen molar-refractivity contribution in [2.24, 2.45) is 17.3 Å². The zero-order valence-corrected chi connectivity index (χ0v) is 18.0. The van der Waals surface area contributed by atoms with Gasteiger partial charge in [-0.25, -0.2) is 0 Å². The fourth-order valence-corrected chi connectivity index (χ4v) is 5.71. The predicted molar refractivity (Wildman–Crippen MR) is 104 cm³/mol. The second kappa shape index (κ2) is 5.69. The standard InChI is InChI=1S/C21H38O2Si/c1-15-9-10-18-21(23-18,14-22-24(7,8)19(2,3)4)12-11-17-16(15)13-20(17,5)6/h16-18H,1,9-14H2,2-8H3/t16-,17-,18+,21+/m1/s1. The summed E-state index contributed by atoms with van der Waals surface area (Å²) in [7, 11) is -1.71. The van der Waals surface area contributed by atoms with E-state index in [4.69, 9.17) is 9.16 Å². The van der Waals surface area contributed by atoms with Gasteiger partial charge in [0.15, 0.2) is 8.32 Å². The topological polar surface area (TPSA) is 21.8 Å². The molecule has 2 saturated carbocycles. The third-order valence-electron chi connectivity index (χ3n) is 7.76. The van der Waals surface area contributed by atoms with E-state index < -0.39 is 8.32 Å². The van der Waals surface area contributed by atoms with Gasteiger partial charge >= 0.3 is 0 Å². The van der Waals surface area contributed by atoms with Gasteiger partial charge in [-0.3, -0.25) is 0 Å². The first-order valence-corrected chi connectivity index (χ1v) is 12.8. The molecule has 3 rings (SSSR count). The molecule has 1 aliphatic heterocycles. The number of fused-ring (bicyclic) bond motifs is 2. The third kappa shape index (κ3) is 3.17. The summed E-state index contributed by atoms with van der Waals surface area (Å²) < 4.78 is 12.8. The molecular formula is C21H38O2Si. The van der Waals surface area contributed by atoms with E-state index in [-0.39, 0.29) is 10.6 Å². The maximum absolute atomic E-state index is 6.57. The molecule has 0 aromatic carbocycles. The summed E-state index contributed by atoms with van der Waals surface area (Å²) in [5.41, 5.74) is 1.97. The Kier molecular flexibility index (Phi) is 4.42. The highest BCUT2D eigenvalue weighted by Gasteiger charge is 2.59. The minimum absolute atomic E-state index is 0.0103. The Morgan fingerprint density at radius 2 is 1.92 bits per heavy atom. The average molecular weight is 351 g/mol. The number of hydrogen-bond acceptors (Lipinski definition) is 2. The summed E-state index contributed by atoms with van der Waals surface area (Å²) in [6.07, 6.45) is 6.46. The van der Waals surface area contributed by atoms with Crippen LogP contribution in [0, 0.1) is 17.3 Å². The van der Waals surface area contributed by atoms with E-state index in [2.05, 4.69) is 54.3 Å². The molecular weight excluding hydrogens is 312 g/mol. The average Bonchev–Trinajstić information content (AvgIpc) is 3.12. The molecule has 0 aromatic heterocycles. The van der Waals surface area contributed by atoms with Crippen molar-refractivity contribution >= 4 is 8.32 Å². The highest BCUT2D eigenvalue weighted by atomic mass is 28.4. The Hall–Kier alpha value is -0.123. The largest absolute Gasteiger partial charge is 0.414 e. The third-order valence-corrected chi connectivity index (χ3v) is 12.2. The van der Waals surface area contributed by atoms with E-state index in [0.29, 0.717) is 11.5 Å². The first-order chi connectivity index (χ1) is 10.9. The van der Waals surface area contributed by atoms with Crippen LogP contribution < -0.4 is 0 Å². The van der Waals surface area contributed by atoms with Crippen LogP contribution in [0.3, 0.4) is 0 Å². The van der Waals surface area contributed by atoms with Crippen LogP contribution in [0.1, 0.15) is 66.7 Å². The van der Waals surface area contributed by atoms with Crippen molar-refractivity contribution < 1.29 is 9.16 Å². The Morgan fingerprint density at radius 3 is 2.50 bits per heavy atom. The number of ether oxygens (including phenoxy) is 1. The van der Waals surface area contributed by atoms with Crippen LogP contribution in [0.2, 0.25) is 18.1 Å². The van der Waals surface area contributed by atoms with Crippen LogP contribution in [0.15, 0.2) is 12.2 Å². The van der Waals surface area contributed by atoms with Gasteiger partial charge in [0.05, 0.1) is 12.7 Å². The van der Waals surface area contributed by atoms with Crippen LogP contribution in [0.5, 0.6) is 0 Å². The van der Waals surface area contributed by atoms with Gasteiger partial charge in [-0.15, -0.1) is 0 Å². The molecule has 3 fully saturated rings. The van der Waals surface area contributed by atoms with Gasteiger partial charge in [0.2, 0.25) is 0 Å². The Balaban J connectivity index is 1.68. The number of epoxide rings is 1.